The highest BCUT2D eigenvalue weighted by molar-refractivity contribution is 6.76. The highest BCUT2D eigenvalue weighted by Gasteiger charge is 2.30. The van der Waals surface area contributed by atoms with E-state index in [9.17, 15) is 4.79 Å². The largest absolute Gasteiger partial charge is 0.444 e. The highest BCUT2D eigenvalue weighted by Crippen LogP contribution is 2.40. The molecule has 259 valence electrons. The van der Waals surface area contributed by atoms with Gasteiger partial charge in [0.05, 0.1) is 11.2 Å². The van der Waals surface area contributed by atoms with Gasteiger partial charge in [0, 0.05) is 62.2 Å². The molecule has 8 nitrogen and oxygen atoms in total. The molecule has 1 aliphatic carbocycles. The Labute approximate surface area is 291 Å². The van der Waals surface area contributed by atoms with Crippen LogP contribution in [0.15, 0.2) is 24.4 Å². The summed E-state index contributed by atoms with van der Waals surface area (Å²) >= 11 is 0. The molecule has 0 unspecified atom stereocenters. The van der Waals surface area contributed by atoms with Gasteiger partial charge in [0.2, 0.25) is 5.95 Å². The Balaban J connectivity index is 1.49. The molecule has 1 aromatic carbocycles. The summed E-state index contributed by atoms with van der Waals surface area (Å²) in [4.78, 5) is 24.6. The van der Waals surface area contributed by atoms with Crippen molar-refractivity contribution < 1.29 is 14.3 Å². The quantitative estimate of drug-likeness (QED) is 0.153. The van der Waals surface area contributed by atoms with Crippen LogP contribution in [0.2, 0.25) is 37.3 Å². The predicted octanol–water partition coefficient (Wildman–Crippen LogP) is 8.53. The second-order valence-electron chi connectivity index (χ2n) is 16.8. The number of hydrogen-bond donors (Lipinski definition) is 1. The molecule has 5 rings (SSSR count). The van der Waals surface area contributed by atoms with E-state index in [-0.39, 0.29) is 17.2 Å². The zero-order chi connectivity index (χ0) is 34.9. The molecule has 2 aliphatic rings. The Morgan fingerprint density at radius 1 is 1.12 bits per heavy atom. The van der Waals surface area contributed by atoms with E-state index in [1.807, 2.05) is 27.0 Å². The molecule has 0 saturated carbocycles. The average molecular weight is 687 g/mol. The van der Waals surface area contributed by atoms with E-state index in [0.29, 0.717) is 25.8 Å². The molecule has 0 bridgehead atoms. The lowest BCUT2D eigenvalue weighted by atomic mass is 10.0. The van der Waals surface area contributed by atoms with E-state index in [4.69, 9.17) is 19.4 Å². The van der Waals surface area contributed by atoms with Gasteiger partial charge in [0.1, 0.15) is 21.1 Å². The molecular weight excluding hydrogens is 631 g/mol. The minimum absolute atomic E-state index is 0.0508. The number of rotatable bonds is 7. The van der Waals surface area contributed by atoms with E-state index < -0.39 is 22.5 Å². The van der Waals surface area contributed by atoms with Gasteiger partial charge in [-0.1, -0.05) is 58.9 Å². The number of aryl methyl sites for hydroxylation is 1. The van der Waals surface area contributed by atoms with Gasteiger partial charge >= 0.3 is 6.09 Å². The molecule has 10 heteroatoms. The molecule has 1 N–H and O–H groups in total. The fraction of sp³-hybridized carbons (Fsp3) is 0.605. The number of nitrogens with zero attached hydrogens (tertiary/aromatic N) is 4. The van der Waals surface area contributed by atoms with E-state index in [2.05, 4.69) is 86.5 Å². The minimum Gasteiger partial charge on any atom is -0.444 e. The Kier molecular flexibility index (Phi) is 10.8. The smallest absolute Gasteiger partial charge is 0.410 e. The molecule has 1 atom stereocenters. The first kappa shape index (κ1) is 36.2. The number of carbonyl (C=O) groups is 1. The van der Waals surface area contributed by atoms with Gasteiger partial charge in [0.15, 0.2) is 0 Å². The van der Waals surface area contributed by atoms with Crippen molar-refractivity contribution in [1.82, 2.24) is 19.4 Å². The van der Waals surface area contributed by atoms with Gasteiger partial charge < -0.3 is 24.3 Å². The highest BCUT2D eigenvalue weighted by atomic mass is 28.3. The fourth-order valence-corrected chi connectivity index (χ4v) is 7.59. The molecule has 3 aromatic rings. The second-order valence-corrected chi connectivity index (χ2v) is 25.4. The molecule has 1 amide bonds. The first-order valence-corrected chi connectivity index (χ1v) is 23.4. The van der Waals surface area contributed by atoms with Crippen LogP contribution in [0.5, 0.6) is 0 Å². The molecule has 0 spiro atoms. The second kappa shape index (κ2) is 14.4. The number of likely N-dealkylation sites (tertiary alicyclic amines) is 1. The molecule has 1 saturated heterocycles. The van der Waals surface area contributed by atoms with Crippen LogP contribution in [0.4, 0.5) is 10.7 Å². The molecule has 2 aromatic heterocycles. The van der Waals surface area contributed by atoms with Crippen molar-refractivity contribution in [2.45, 2.75) is 129 Å². The van der Waals surface area contributed by atoms with Crippen LogP contribution < -0.4 is 5.32 Å². The Morgan fingerprint density at radius 3 is 2.60 bits per heavy atom. The van der Waals surface area contributed by atoms with E-state index in [1.54, 1.807) is 4.90 Å². The lowest BCUT2D eigenvalue weighted by molar-refractivity contribution is 0.0206. The number of amides is 1. The number of fused-ring (bicyclic) bond motifs is 5. The SMILES string of the molecule is C[Si](C#Cc1ccc2c3c(n(COCC[Si](C)(C)C)c2c1)CCCc1cnc(N[C@H]2CCCN(C(=O)OC(C)(C)C)C2)nc1-3)C(C)(C)C. The summed E-state index contributed by atoms with van der Waals surface area (Å²) in [6, 6.07) is 7.85. The van der Waals surface area contributed by atoms with E-state index in [1.165, 1.54) is 22.2 Å². The zero-order valence-electron chi connectivity index (χ0n) is 31.0. The number of nitrogens with one attached hydrogen (secondary N) is 1. The van der Waals surface area contributed by atoms with Crippen molar-refractivity contribution in [2.75, 3.05) is 25.0 Å². The number of hydrogen-bond acceptors (Lipinski definition) is 6. The van der Waals surface area contributed by atoms with E-state index in [0.717, 1.165) is 61.5 Å². The van der Waals surface area contributed by atoms with E-state index >= 15 is 0 Å². The van der Waals surface area contributed by atoms with Crippen molar-refractivity contribution >= 4 is 39.8 Å². The van der Waals surface area contributed by atoms with Crippen LogP contribution in [0.25, 0.3) is 22.2 Å². The molecule has 1 aliphatic heterocycles. The standard InChI is InChI=1S/C38H56N5O3Si2/c1-37(2,3)46-36(44)42-19-12-14-29(25-42)40-35-39-24-28-13-11-15-31-33(34(28)41-35)30-17-16-27(18-21-47(7)38(4,5)6)23-32(30)43(31)26-45-20-22-48(8,9)10/h16-17,23-24,29H,11-15,19-20,22,25-26H2,1-10H3,(H,39,40,41)/t29-/m0/s1. The summed E-state index contributed by atoms with van der Waals surface area (Å²) in [5, 5.41) is 4.99. The summed E-state index contributed by atoms with van der Waals surface area (Å²) in [5.74, 6) is 4.13. The van der Waals surface area contributed by atoms with Gasteiger partial charge in [-0.25, -0.2) is 14.8 Å². The monoisotopic (exact) mass is 686 g/mol. The molecular formula is C38H56N5O3Si2. The van der Waals surface area contributed by atoms with Crippen molar-refractivity contribution in [1.29, 1.82) is 0 Å². The Hall–Kier alpha value is -3.14. The van der Waals surface area contributed by atoms with Crippen molar-refractivity contribution in [3.05, 3.63) is 41.2 Å². The number of anilines is 1. The average Bonchev–Trinajstić information content (AvgIpc) is 3.16. The lowest BCUT2D eigenvalue weighted by Gasteiger charge is -2.34. The van der Waals surface area contributed by atoms with Crippen molar-refractivity contribution in [3.63, 3.8) is 0 Å². The summed E-state index contributed by atoms with van der Waals surface area (Å²) in [7, 11) is -2.03. The molecule has 1 radical (unpaired) electrons. The first-order chi connectivity index (χ1) is 22.5. The van der Waals surface area contributed by atoms with Crippen molar-refractivity contribution in [3.8, 4) is 22.7 Å². The number of benzene rings is 1. The maximum absolute atomic E-state index is 12.8. The zero-order valence-corrected chi connectivity index (χ0v) is 33.0. The lowest BCUT2D eigenvalue weighted by Crippen LogP contribution is -2.47. The number of aromatic nitrogens is 3. The minimum atomic E-state index is -1.21. The van der Waals surface area contributed by atoms with Crippen LogP contribution in [0.1, 0.15) is 77.6 Å². The van der Waals surface area contributed by atoms with Crippen LogP contribution >= 0.6 is 0 Å². The van der Waals surface area contributed by atoms with Crippen LogP contribution in [0, 0.1) is 11.5 Å². The van der Waals surface area contributed by atoms with Gasteiger partial charge in [0.25, 0.3) is 0 Å². The van der Waals surface area contributed by atoms with Gasteiger partial charge in [-0.15, -0.1) is 5.54 Å². The van der Waals surface area contributed by atoms with Gasteiger partial charge in [-0.3, -0.25) is 0 Å². The maximum Gasteiger partial charge on any atom is 0.410 e. The van der Waals surface area contributed by atoms with Crippen LogP contribution in [-0.2, 0) is 29.0 Å². The molecule has 1 fully saturated rings. The van der Waals surface area contributed by atoms with Crippen LogP contribution in [0.3, 0.4) is 0 Å². The maximum atomic E-state index is 12.8. The number of carbonyl (C=O) groups excluding carboxylic acids is 1. The Bertz CT molecular complexity index is 1690. The normalized spacial score (nSPS) is 17.0. The first-order valence-electron chi connectivity index (χ1n) is 17.7. The van der Waals surface area contributed by atoms with Crippen LogP contribution in [-0.4, -0.2) is 73.7 Å². The fourth-order valence-electron chi connectivity index (χ4n) is 6.13. The van der Waals surface area contributed by atoms with Gasteiger partial charge in [-0.2, -0.15) is 0 Å². The van der Waals surface area contributed by atoms with Crippen molar-refractivity contribution in [2.24, 2.45) is 0 Å². The Morgan fingerprint density at radius 2 is 1.90 bits per heavy atom. The number of ether oxygens (including phenoxy) is 2. The summed E-state index contributed by atoms with van der Waals surface area (Å²) in [6.07, 6.45) is 6.47. The third-order valence-corrected chi connectivity index (χ3v) is 13.7. The summed E-state index contributed by atoms with van der Waals surface area (Å²) in [5.41, 5.74) is 9.91. The number of piperidine rings is 1. The molecule has 3 heterocycles. The summed E-state index contributed by atoms with van der Waals surface area (Å²) in [6.45, 7) is 24.6. The summed E-state index contributed by atoms with van der Waals surface area (Å²) < 4.78 is 14.4. The third-order valence-electron chi connectivity index (χ3n) is 9.28. The van der Waals surface area contributed by atoms with Gasteiger partial charge in [-0.05, 0) is 81.7 Å². The predicted molar refractivity (Wildman–Crippen MR) is 202 cm³/mol. The molecule has 48 heavy (non-hydrogen) atoms. The topological polar surface area (TPSA) is 81.5 Å². The third kappa shape index (κ3) is 9.10.